The minimum Gasteiger partial charge on any atom is -0.495 e. The Morgan fingerprint density at radius 1 is 1.56 bits per heavy atom. The van der Waals surface area contributed by atoms with Crippen molar-refractivity contribution < 1.29 is 4.74 Å². The molecule has 0 amide bonds. The van der Waals surface area contributed by atoms with Gasteiger partial charge in [-0.1, -0.05) is 18.2 Å². The Labute approximate surface area is 113 Å². The summed E-state index contributed by atoms with van der Waals surface area (Å²) in [5.74, 6) is 1.08. The molecule has 0 atom stereocenters. The van der Waals surface area contributed by atoms with Gasteiger partial charge in [-0.15, -0.1) is 30.6 Å². The van der Waals surface area contributed by atoms with Gasteiger partial charge in [0.05, 0.1) is 19.3 Å². The monoisotopic (exact) mass is 333 g/mol. The van der Waals surface area contributed by atoms with E-state index in [4.69, 9.17) is 10.5 Å². The van der Waals surface area contributed by atoms with Crippen molar-refractivity contribution >= 4 is 35.6 Å². The van der Waals surface area contributed by atoms with Crippen molar-refractivity contribution in [1.29, 1.82) is 0 Å². The molecule has 0 aromatic heterocycles. The Kier molecular flexibility index (Phi) is 7.36. The Balaban J connectivity index is 0.00000225. The average Bonchev–Trinajstić information content (AvgIpc) is 2.27. The number of nitrogens with one attached hydrogen (secondary N) is 1. The van der Waals surface area contributed by atoms with Crippen molar-refractivity contribution in [2.45, 2.75) is 0 Å². The Morgan fingerprint density at radius 3 is 2.88 bits per heavy atom. The minimum atomic E-state index is 0. The Bertz CT molecular complexity index is 366. The van der Waals surface area contributed by atoms with E-state index in [9.17, 15) is 0 Å². The van der Waals surface area contributed by atoms with Crippen LogP contribution >= 0.6 is 24.0 Å². The third-order valence-corrected chi connectivity index (χ3v) is 1.76. The molecule has 0 aliphatic rings. The molecule has 88 valence electrons. The van der Waals surface area contributed by atoms with Crippen LogP contribution in [0, 0.1) is 0 Å². The van der Waals surface area contributed by atoms with Gasteiger partial charge < -0.3 is 15.8 Å². The van der Waals surface area contributed by atoms with Gasteiger partial charge in [-0.25, -0.2) is 4.99 Å². The van der Waals surface area contributed by atoms with Gasteiger partial charge in [0.2, 0.25) is 0 Å². The molecule has 3 N–H and O–H groups in total. The average molecular weight is 333 g/mol. The molecule has 0 fully saturated rings. The zero-order chi connectivity index (χ0) is 11.1. The lowest BCUT2D eigenvalue weighted by molar-refractivity contribution is 0.417. The van der Waals surface area contributed by atoms with Crippen LogP contribution in [0.2, 0.25) is 0 Å². The predicted octanol–water partition coefficient (Wildman–Crippen LogP) is 2.23. The van der Waals surface area contributed by atoms with Crippen molar-refractivity contribution in [3.05, 3.63) is 36.9 Å². The number of methoxy groups -OCH3 is 1. The van der Waals surface area contributed by atoms with E-state index in [-0.39, 0.29) is 24.0 Å². The second-order valence-corrected chi connectivity index (χ2v) is 2.84. The molecule has 1 rings (SSSR count). The lowest BCUT2D eigenvalue weighted by Crippen LogP contribution is -2.23. The van der Waals surface area contributed by atoms with Crippen LogP contribution < -0.4 is 15.8 Å². The third kappa shape index (κ3) is 4.52. The number of para-hydroxylation sites is 2. The number of guanidine groups is 1. The normalized spacial score (nSPS) is 10.2. The molecular formula is C11H16IN3O. The van der Waals surface area contributed by atoms with Crippen molar-refractivity contribution in [3.8, 4) is 5.75 Å². The van der Waals surface area contributed by atoms with Crippen molar-refractivity contribution in [3.63, 3.8) is 0 Å². The van der Waals surface area contributed by atoms with Gasteiger partial charge in [0.25, 0.3) is 0 Å². The largest absolute Gasteiger partial charge is 0.495 e. The number of nitrogens with zero attached hydrogens (tertiary/aromatic N) is 1. The number of hydrogen-bond acceptors (Lipinski definition) is 2. The minimum absolute atomic E-state index is 0. The number of nitrogens with two attached hydrogens (primary N) is 1. The third-order valence-electron chi connectivity index (χ3n) is 1.76. The summed E-state index contributed by atoms with van der Waals surface area (Å²) in [5.41, 5.74) is 6.45. The van der Waals surface area contributed by atoms with Crippen molar-refractivity contribution in [1.82, 2.24) is 0 Å². The lowest BCUT2D eigenvalue weighted by atomic mass is 10.3. The van der Waals surface area contributed by atoms with Crippen LogP contribution in [0.25, 0.3) is 0 Å². The van der Waals surface area contributed by atoms with Crippen LogP contribution in [-0.4, -0.2) is 19.6 Å². The highest BCUT2D eigenvalue weighted by atomic mass is 127. The van der Waals surface area contributed by atoms with E-state index < -0.39 is 0 Å². The summed E-state index contributed by atoms with van der Waals surface area (Å²) >= 11 is 0. The summed E-state index contributed by atoms with van der Waals surface area (Å²) in [7, 11) is 1.61. The summed E-state index contributed by atoms with van der Waals surface area (Å²) < 4.78 is 5.16. The van der Waals surface area contributed by atoms with E-state index >= 15 is 0 Å². The van der Waals surface area contributed by atoms with E-state index in [1.807, 2.05) is 24.3 Å². The maximum Gasteiger partial charge on any atom is 0.193 e. The van der Waals surface area contributed by atoms with E-state index in [0.717, 1.165) is 11.4 Å². The second kappa shape index (κ2) is 7.98. The topological polar surface area (TPSA) is 59.6 Å². The number of halogens is 1. The lowest BCUT2D eigenvalue weighted by Gasteiger charge is -2.09. The highest BCUT2D eigenvalue weighted by Gasteiger charge is 2.01. The molecule has 0 radical (unpaired) electrons. The molecule has 0 bridgehead atoms. The van der Waals surface area contributed by atoms with Crippen LogP contribution in [-0.2, 0) is 0 Å². The summed E-state index contributed by atoms with van der Waals surface area (Å²) in [6.07, 6.45) is 1.68. The first-order chi connectivity index (χ1) is 7.27. The highest BCUT2D eigenvalue weighted by molar-refractivity contribution is 14.0. The molecule has 16 heavy (non-hydrogen) atoms. The number of hydrogen-bond donors (Lipinski definition) is 2. The second-order valence-electron chi connectivity index (χ2n) is 2.84. The zero-order valence-electron chi connectivity index (χ0n) is 9.14. The first-order valence-corrected chi connectivity index (χ1v) is 4.58. The molecule has 0 heterocycles. The summed E-state index contributed by atoms with van der Waals surface area (Å²) in [4.78, 5) is 4.02. The SMILES string of the molecule is C=CCN=C(N)Nc1ccccc1OC.I. The standard InChI is InChI=1S/C11H15N3O.HI/c1-3-8-13-11(12)14-9-6-4-5-7-10(9)15-2;/h3-7H,1,8H2,2H3,(H3,12,13,14);1H. The van der Waals surface area contributed by atoms with Crippen LogP contribution in [0.15, 0.2) is 41.9 Å². The number of anilines is 1. The molecule has 0 aliphatic heterocycles. The summed E-state index contributed by atoms with van der Waals surface area (Å²) in [6.45, 7) is 4.05. The molecule has 5 heteroatoms. The Morgan fingerprint density at radius 2 is 2.25 bits per heavy atom. The highest BCUT2D eigenvalue weighted by Crippen LogP contribution is 2.22. The molecule has 1 aromatic carbocycles. The fourth-order valence-corrected chi connectivity index (χ4v) is 1.09. The van der Waals surface area contributed by atoms with Crippen LogP contribution in [0.1, 0.15) is 0 Å². The first-order valence-electron chi connectivity index (χ1n) is 4.58. The number of ether oxygens (including phenoxy) is 1. The van der Waals surface area contributed by atoms with E-state index in [0.29, 0.717) is 12.5 Å². The van der Waals surface area contributed by atoms with Crippen molar-refractivity contribution in [2.75, 3.05) is 19.0 Å². The van der Waals surface area contributed by atoms with E-state index in [2.05, 4.69) is 16.9 Å². The number of rotatable bonds is 4. The van der Waals surface area contributed by atoms with Gasteiger partial charge in [0.15, 0.2) is 5.96 Å². The van der Waals surface area contributed by atoms with E-state index in [1.54, 1.807) is 13.2 Å². The summed E-state index contributed by atoms with van der Waals surface area (Å²) in [5, 5.41) is 2.95. The fourth-order valence-electron chi connectivity index (χ4n) is 1.09. The quantitative estimate of drug-likeness (QED) is 0.384. The van der Waals surface area contributed by atoms with Crippen LogP contribution in [0.5, 0.6) is 5.75 Å². The predicted molar refractivity (Wildman–Crippen MR) is 78.7 cm³/mol. The first kappa shape index (κ1) is 14.8. The van der Waals surface area contributed by atoms with Gasteiger partial charge in [-0.05, 0) is 12.1 Å². The molecule has 0 spiro atoms. The van der Waals surface area contributed by atoms with Gasteiger partial charge in [-0.3, -0.25) is 0 Å². The maximum atomic E-state index is 5.65. The molecule has 0 saturated heterocycles. The molecule has 0 aliphatic carbocycles. The molecule has 1 aromatic rings. The summed E-state index contributed by atoms with van der Waals surface area (Å²) in [6, 6.07) is 7.50. The number of benzene rings is 1. The van der Waals surface area contributed by atoms with Gasteiger partial charge in [-0.2, -0.15) is 0 Å². The van der Waals surface area contributed by atoms with Gasteiger partial charge in [0, 0.05) is 0 Å². The maximum absolute atomic E-state index is 5.65. The van der Waals surface area contributed by atoms with Gasteiger partial charge >= 0.3 is 0 Å². The molecule has 4 nitrogen and oxygen atoms in total. The van der Waals surface area contributed by atoms with Gasteiger partial charge in [0.1, 0.15) is 5.75 Å². The molecule has 0 saturated carbocycles. The fraction of sp³-hybridized carbons (Fsp3) is 0.182. The van der Waals surface area contributed by atoms with Crippen LogP contribution in [0.3, 0.4) is 0 Å². The molecule has 0 unspecified atom stereocenters. The Hall–Kier alpha value is -1.24. The van der Waals surface area contributed by atoms with Crippen molar-refractivity contribution in [2.24, 2.45) is 10.7 Å². The molecular weight excluding hydrogens is 317 g/mol. The zero-order valence-corrected chi connectivity index (χ0v) is 11.5. The smallest absolute Gasteiger partial charge is 0.193 e. The van der Waals surface area contributed by atoms with E-state index in [1.165, 1.54) is 0 Å². The van der Waals surface area contributed by atoms with Crippen LogP contribution in [0.4, 0.5) is 5.69 Å². The number of aliphatic imine (C=N–C) groups is 1.